The van der Waals surface area contributed by atoms with Gasteiger partial charge in [-0.2, -0.15) is 0 Å². The third-order valence-corrected chi connectivity index (χ3v) is 4.36. The summed E-state index contributed by atoms with van der Waals surface area (Å²) in [6.45, 7) is 9.83. The zero-order chi connectivity index (χ0) is 10.7. The van der Waals surface area contributed by atoms with Crippen LogP contribution in [0.4, 0.5) is 0 Å². The highest BCUT2D eigenvalue weighted by molar-refractivity contribution is 4.82. The molecule has 0 radical (unpaired) electrons. The highest BCUT2D eigenvalue weighted by atomic mass is 15.2. The summed E-state index contributed by atoms with van der Waals surface area (Å²) in [6.07, 6.45) is 5.68. The topological polar surface area (TPSA) is 15.3 Å². The van der Waals surface area contributed by atoms with Crippen LogP contribution in [0.2, 0.25) is 0 Å². The van der Waals surface area contributed by atoms with Crippen LogP contribution in [0.5, 0.6) is 0 Å². The first kappa shape index (κ1) is 11.4. The number of hydrogen-bond donors (Lipinski definition) is 1. The molecule has 88 valence electrons. The van der Waals surface area contributed by atoms with Gasteiger partial charge in [-0.3, -0.25) is 0 Å². The van der Waals surface area contributed by atoms with Gasteiger partial charge in [0.2, 0.25) is 0 Å². The van der Waals surface area contributed by atoms with E-state index >= 15 is 0 Å². The van der Waals surface area contributed by atoms with Crippen molar-refractivity contribution in [1.29, 1.82) is 0 Å². The molecule has 1 saturated heterocycles. The Morgan fingerprint density at radius 1 is 1.33 bits per heavy atom. The molecule has 2 fully saturated rings. The van der Waals surface area contributed by atoms with E-state index in [1.54, 1.807) is 0 Å². The van der Waals surface area contributed by atoms with E-state index in [2.05, 4.69) is 24.1 Å². The molecule has 3 unspecified atom stereocenters. The third-order valence-electron chi connectivity index (χ3n) is 4.36. The Balaban J connectivity index is 1.78. The van der Waals surface area contributed by atoms with Crippen LogP contribution < -0.4 is 5.32 Å². The Bertz CT molecular complexity index is 193. The Hall–Kier alpha value is -0.0800. The lowest BCUT2D eigenvalue weighted by atomic mass is 9.97. The van der Waals surface area contributed by atoms with Crippen LogP contribution in [0.25, 0.3) is 0 Å². The fourth-order valence-corrected chi connectivity index (χ4v) is 3.16. The van der Waals surface area contributed by atoms with Crippen LogP contribution in [0.3, 0.4) is 0 Å². The number of nitrogens with zero attached hydrogens (tertiary/aromatic N) is 1. The molecule has 0 aromatic carbocycles. The van der Waals surface area contributed by atoms with Crippen molar-refractivity contribution in [3.63, 3.8) is 0 Å². The molecule has 1 N–H and O–H groups in total. The van der Waals surface area contributed by atoms with Crippen molar-refractivity contribution in [1.82, 2.24) is 10.2 Å². The number of rotatable bonds is 3. The fraction of sp³-hybridized carbons (Fsp3) is 1.00. The van der Waals surface area contributed by atoms with Gasteiger partial charge >= 0.3 is 0 Å². The van der Waals surface area contributed by atoms with Crippen molar-refractivity contribution in [2.45, 2.75) is 45.6 Å². The average molecular weight is 210 g/mol. The first-order chi connectivity index (χ1) is 7.29. The molecule has 0 aromatic heterocycles. The highest BCUT2D eigenvalue weighted by Crippen LogP contribution is 2.31. The van der Waals surface area contributed by atoms with E-state index in [-0.39, 0.29) is 0 Å². The van der Waals surface area contributed by atoms with Gasteiger partial charge in [0.15, 0.2) is 0 Å². The quantitative estimate of drug-likeness (QED) is 0.767. The van der Waals surface area contributed by atoms with Gasteiger partial charge in [0.25, 0.3) is 0 Å². The summed E-state index contributed by atoms with van der Waals surface area (Å²) in [5.74, 6) is 1.96. The van der Waals surface area contributed by atoms with Crippen LogP contribution in [0.1, 0.15) is 39.5 Å². The first-order valence-electron chi connectivity index (χ1n) is 6.75. The molecule has 2 heteroatoms. The van der Waals surface area contributed by atoms with Gasteiger partial charge in [-0.15, -0.1) is 0 Å². The van der Waals surface area contributed by atoms with Gasteiger partial charge in [-0.25, -0.2) is 0 Å². The first-order valence-corrected chi connectivity index (χ1v) is 6.75. The second-order valence-electron chi connectivity index (χ2n) is 5.49. The molecule has 0 spiro atoms. The normalized spacial score (nSPS) is 38.4. The van der Waals surface area contributed by atoms with Crippen LogP contribution in [-0.2, 0) is 0 Å². The molecule has 1 aliphatic carbocycles. The summed E-state index contributed by atoms with van der Waals surface area (Å²) >= 11 is 0. The van der Waals surface area contributed by atoms with Gasteiger partial charge in [0, 0.05) is 32.2 Å². The molecule has 0 aromatic rings. The van der Waals surface area contributed by atoms with Gasteiger partial charge in [0.05, 0.1) is 0 Å². The number of nitrogens with one attached hydrogen (secondary N) is 1. The van der Waals surface area contributed by atoms with Gasteiger partial charge < -0.3 is 10.2 Å². The maximum absolute atomic E-state index is 3.59. The highest BCUT2D eigenvalue weighted by Gasteiger charge is 2.27. The van der Waals surface area contributed by atoms with Crippen molar-refractivity contribution < 1.29 is 0 Å². The second-order valence-corrected chi connectivity index (χ2v) is 5.49. The molecule has 2 rings (SSSR count). The monoisotopic (exact) mass is 210 g/mol. The summed E-state index contributed by atoms with van der Waals surface area (Å²) in [4.78, 5) is 2.69. The molecule has 2 aliphatic rings. The largest absolute Gasteiger partial charge is 0.311 e. The fourth-order valence-electron chi connectivity index (χ4n) is 3.16. The molecule has 1 aliphatic heterocycles. The maximum Gasteiger partial charge on any atom is 0.0192 e. The van der Waals surface area contributed by atoms with Gasteiger partial charge in [-0.05, 0) is 24.7 Å². The molecule has 1 saturated carbocycles. The third kappa shape index (κ3) is 2.94. The lowest BCUT2D eigenvalue weighted by molar-refractivity contribution is 0.159. The van der Waals surface area contributed by atoms with E-state index < -0.39 is 0 Å². The molecule has 0 amide bonds. The van der Waals surface area contributed by atoms with Crippen molar-refractivity contribution in [3.05, 3.63) is 0 Å². The maximum atomic E-state index is 3.59. The molecule has 2 nitrogen and oxygen atoms in total. The lowest BCUT2D eigenvalue weighted by Gasteiger charge is -2.35. The van der Waals surface area contributed by atoms with Crippen LogP contribution in [-0.4, -0.2) is 37.1 Å². The van der Waals surface area contributed by atoms with E-state index in [9.17, 15) is 0 Å². The summed E-state index contributed by atoms with van der Waals surface area (Å²) in [5, 5.41) is 3.59. The van der Waals surface area contributed by atoms with E-state index in [0.717, 1.165) is 17.9 Å². The summed E-state index contributed by atoms with van der Waals surface area (Å²) < 4.78 is 0. The van der Waals surface area contributed by atoms with E-state index in [0.29, 0.717) is 0 Å². The van der Waals surface area contributed by atoms with Gasteiger partial charge in [-0.1, -0.05) is 26.7 Å². The number of hydrogen-bond acceptors (Lipinski definition) is 2. The smallest absolute Gasteiger partial charge is 0.0192 e. The van der Waals surface area contributed by atoms with E-state index in [1.807, 2.05) is 0 Å². The van der Waals surface area contributed by atoms with Gasteiger partial charge in [0.1, 0.15) is 0 Å². The molecule has 3 atom stereocenters. The van der Waals surface area contributed by atoms with Crippen LogP contribution >= 0.6 is 0 Å². The molecular formula is C13H26N2. The van der Waals surface area contributed by atoms with Crippen LogP contribution in [0, 0.1) is 11.8 Å². The molecule has 0 bridgehead atoms. The van der Waals surface area contributed by atoms with Crippen LogP contribution in [0.15, 0.2) is 0 Å². The zero-order valence-corrected chi connectivity index (χ0v) is 10.3. The minimum absolute atomic E-state index is 0.746. The van der Waals surface area contributed by atoms with Crippen molar-refractivity contribution >= 4 is 0 Å². The predicted molar refractivity (Wildman–Crippen MR) is 65.0 cm³/mol. The lowest BCUT2D eigenvalue weighted by Crippen LogP contribution is -2.51. The SMILES string of the molecule is CCC1CN(CC2CCCC2C)CCN1. The van der Waals surface area contributed by atoms with E-state index in [1.165, 1.54) is 51.9 Å². The molecule has 15 heavy (non-hydrogen) atoms. The molecular weight excluding hydrogens is 184 g/mol. The Morgan fingerprint density at radius 3 is 2.87 bits per heavy atom. The van der Waals surface area contributed by atoms with Crippen molar-refractivity contribution in [3.8, 4) is 0 Å². The molecule has 1 heterocycles. The summed E-state index contributed by atoms with van der Waals surface area (Å²) in [6, 6.07) is 0.746. The standard InChI is InChI=1S/C13H26N2/c1-3-13-10-15(8-7-14-13)9-12-6-4-5-11(12)2/h11-14H,3-10H2,1-2H3. The minimum Gasteiger partial charge on any atom is -0.311 e. The zero-order valence-electron chi connectivity index (χ0n) is 10.3. The Morgan fingerprint density at radius 2 is 2.20 bits per heavy atom. The average Bonchev–Trinajstić information content (AvgIpc) is 2.65. The summed E-state index contributed by atoms with van der Waals surface area (Å²) in [7, 11) is 0. The van der Waals surface area contributed by atoms with Crippen molar-refractivity contribution in [2.24, 2.45) is 11.8 Å². The Labute approximate surface area is 94.4 Å². The number of piperazine rings is 1. The summed E-state index contributed by atoms with van der Waals surface area (Å²) in [5.41, 5.74) is 0. The second kappa shape index (κ2) is 5.31. The minimum atomic E-state index is 0.746. The van der Waals surface area contributed by atoms with E-state index in [4.69, 9.17) is 0 Å². The van der Waals surface area contributed by atoms with Crippen molar-refractivity contribution in [2.75, 3.05) is 26.2 Å². The predicted octanol–water partition coefficient (Wildman–Crippen LogP) is 2.11. The Kier molecular flexibility index (Phi) is 4.04.